The van der Waals surface area contributed by atoms with Crippen LogP contribution in [0.25, 0.3) is 11.0 Å². The number of fused-ring (bicyclic) bond motifs is 1. The molecule has 0 spiro atoms. The zero-order chi connectivity index (χ0) is 22.3. The lowest BCUT2D eigenvalue weighted by Crippen LogP contribution is -2.11. The monoisotopic (exact) mass is 434 g/mol. The van der Waals surface area contributed by atoms with Gasteiger partial charge in [0.05, 0.1) is 13.4 Å². The van der Waals surface area contributed by atoms with Crippen LogP contribution < -0.4 is 15.8 Å². The van der Waals surface area contributed by atoms with Crippen LogP contribution in [-0.4, -0.2) is 33.4 Å². The van der Waals surface area contributed by atoms with Crippen LogP contribution in [0.1, 0.15) is 43.3 Å². The Bertz CT molecular complexity index is 1140. The van der Waals surface area contributed by atoms with Crippen molar-refractivity contribution in [2.45, 2.75) is 45.6 Å². The van der Waals surface area contributed by atoms with Crippen molar-refractivity contribution in [3.05, 3.63) is 59.8 Å². The highest BCUT2D eigenvalue weighted by atomic mass is 16.5. The summed E-state index contributed by atoms with van der Waals surface area (Å²) in [5, 5.41) is 12.0. The van der Waals surface area contributed by atoms with E-state index in [-0.39, 0.29) is 0 Å². The molecule has 32 heavy (non-hydrogen) atoms. The number of unbranched alkanes of at least 4 members (excludes halogenated alkanes) is 1. The number of ether oxygens (including phenoxy) is 1. The maximum absolute atomic E-state index is 6.18. The van der Waals surface area contributed by atoms with Crippen LogP contribution in [-0.2, 0) is 19.4 Å². The third kappa shape index (κ3) is 4.85. The van der Waals surface area contributed by atoms with Gasteiger partial charge in [-0.1, -0.05) is 25.5 Å². The molecule has 0 saturated carbocycles. The van der Waals surface area contributed by atoms with Crippen molar-refractivity contribution in [2.75, 3.05) is 24.7 Å². The van der Waals surface area contributed by atoms with Gasteiger partial charge in [-0.05, 0) is 42.7 Å². The summed E-state index contributed by atoms with van der Waals surface area (Å²) in [4.78, 5) is 4.86. The van der Waals surface area contributed by atoms with E-state index in [0.29, 0.717) is 23.7 Å². The van der Waals surface area contributed by atoms with Gasteiger partial charge in [0.2, 0.25) is 0 Å². The second kappa shape index (κ2) is 10.2. The smallest absolute Gasteiger partial charge is 0.175 e. The van der Waals surface area contributed by atoms with E-state index in [2.05, 4.69) is 39.1 Å². The Morgan fingerprint density at radius 2 is 1.94 bits per heavy atom. The lowest BCUT2D eigenvalue weighted by atomic mass is 10.2. The average Bonchev–Trinajstić information content (AvgIpc) is 3.46. The van der Waals surface area contributed by atoms with Gasteiger partial charge in [-0.25, -0.2) is 4.98 Å². The van der Waals surface area contributed by atoms with Gasteiger partial charge in [0.15, 0.2) is 11.6 Å². The number of nitrogens with two attached hydrogens (primary N) is 1. The number of aromatic nitrogens is 4. The molecular weight excluding hydrogens is 404 g/mol. The first-order valence-corrected chi connectivity index (χ1v) is 11.1. The summed E-state index contributed by atoms with van der Waals surface area (Å²) in [7, 11) is 1.67. The molecule has 3 N–H and O–H groups in total. The van der Waals surface area contributed by atoms with E-state index in [1.54, 1.807) is 13.4 Å². The summed E-state index contributed by atoms with van der Waals surface area (Å²) in [5.41, 5.74) is 8.94. The molecule has 0 atom stereocenters. The number of anilines is 2. The fourth-order valence-corrected chi connectivity index (χ4v) is 3.77. The van der Waals surface area contributed by atoms with Crippen LogP contribution in [0.4, 0.5) is 11.6 Å². The first-order valence-electron chi connectivity index (χ1n) is 11.1. The Kier molecular flexibility index (Phi) is 6.89. The predicted octanol–water partition coefficient (Wildman–Crippen LogP) is 4.45. The molecule has 0 aliphatic rings. The molecule has 8 nitrogen and oxygen atoms in total. The van der Waals surface area contributed by atoms with Gasteiger partial charge in [0.1, 0.15) is 28.4 Å². The maximum atomic E-state index is 6.18. The fraction of sp³-hybridized carbons (Fsp3) is 0.375. The highest BCUT2D eigenvalue weighted by molar-refractivity contribution is 5.93. The fourth-order valence-electron chi connectivity index (χ4n) is 3.77. The molecule has 0 bridgehead atoms. The number of furan rings is 1. The van der Waals surface area contributed by atoms with Crippen molar-refractivity contribution in [3.63, 3.8) is 0 Å². The van der Waals surface area contributed by atoms with Gasteiger partial charge in [0.25, 0.3) is 0 Å². The maximum Gasteiger partial charge on any atom is 0.175 e. The number of nitrogens with one attached hydrogen (secondary N) is 1. The van der Waals surface area contributed by atoms with E-state index in [1.165, 1.54) is 0 Å². The summed E-state index contributed by atoms with van der Waals surface area (Å²) in [6.45, 7) is 3.60. The van der Waals surface area contributed by atoms with Crippen molar-refractivity contribution >= 4 is 22.7 Å². The molecule has 0 unspecified atom stereocenters. The largest absolute Gasteiger partial charge is 0.497 e. The molecule has 0 amide bonds. The number of nitrogens with zero attached hydrogens (tertiary/aromatic N) is 4. The molecule has 0 aliphatic carbocycles. The Balaban J connectivity index is 1.63. The topological polar surface area (TPSA) is 104 Å². The number of hydrogen-bond acceptors (Lipinski definition) is 7. The van der Waals surface area contributed by atoms with Crippen molar-refractivity contribution in [3.8, 4) is 5.75 Å². The molecule has 3 aromatic heterocycles. The van der Waals surface area contributed by atoms with Gasteiger partial charge in [-0.2, -0.15) is 0 Å². The molecule has 0 radical (unpaired) electrons. The number of rotatable bonds is 11. The number of methoxy groups -OCH3 is 1. The Morgan fingerprint density at radius 3 is 2.66 bits per heavy atom. The summed E-state index contributed by atoms with van der Waals surface area (Å²) in [5.74, 6) is 3.87. The second-order valence-corrected chi connectivity index (χ2v) is 7.81. The lowest BCUT2D eigenvalue weighted by molar-refractivity contribution is 0.414. The summed E-state index contributed by atoms with van der Waals surface area (Å²) >= 11 is 0. The van der Waals surface area contributed by atoms with Crippen LogP contribution in [0.5, 0.6) is 5.75 Å². The predicted molar refractivity (Wildman–Crippen MR) is 126 cm³/mol. The normalized spacial score (nSPS) is 11.2. The molecule has 0 saturated heterocycles. The summed E-state index contributed by atoms with van der Waals surface area (Å²) < 4.78 is 12.9. The van der Waals surface area contributed by atoms with E-state index < -0.39 is 0 Å². The van der Waals surface area contributed by atoms with E-state index >= 15 is 0 Å². The van der Waals surface area contributed by atoms with Gasteiger partial charge in [-0.15, -0.1) is 10.2 Å². The number of imidazole rings is 1. The highest BCUT2D eigenvalue weighted by Gasteiger charge is 2.19. The molecule has 3 heterocycles. The third-order valence-electron chi connectivity index (χ3n) is 5.50. The van der Waals surface area contributed by atoms with Gasteiger partial charge in [0, 0.05) is 25.9 Å². The highest BCUT2D eigenvalue weighted by Crippen LogP contribution is 2.28. The minimum atomic E-state index is 0.354. The summed E-state index contributed by atoms with van der Waals surface area (Å²) in [6.07, 6.45) is 6.50. The molecule has 0 aliphatic heterocycles. The minimum absolute atomic E-state index is 0.354. The van der Waals surface area contributed by atoms with E-state index in [1.807, 2.05) is 24.3 Å². The van der Waals surface area contributed by atoms with Gasteiger partial charge < -0.3 is 24.8 Å². The summed E-state index contributed by atoms with van der Waals surface area (Å²) in [6, 6.07) is 12.0. The first-order chi connectivity index (χ1) is 15.7. The van der Waals surface area contributed by atoms with Crippen molar-refractivity contribution < 1.29 is 9.15 Å². The Morgan fingerprint density at radius 1 is 1.09 bits per heavy atom. The number of aryl methyl sites for hydroxylation is 2. The lowest BCUT2D eigenvalue weighted by Gasteiger charge is -2.13. The van der Waals surface area contributed by atoms with Crippen molar-refractivity contribution in [2.24, 2.45) is 0 Å². The SMILES string of the molecule is CCCCc1nc2c(N)nnc(NCCCc3ccco3)c2n1Cc1ccc(OC)cc1. The van der Waals surface area contributed by atoms with Crippen LogP contribution in [0.3, 0.4) is 0 Å². The quantitative estimate of drug-likeness (QED) is 0.336. The molecular formula is C24H30N6O2. The zero-order valence-electron chi connectivity index (χ0n) is 18.7. The van der Waals surface area contributed by atoms with E-state index in [0.717, 1.165) is 67.1 Å². The van der Waals surface area contributed by atoms with Crippen LogP contribution in [0, 0.1) is 0 Å². The average molecular weight is 435 g/mol. The number of nitrogen functional groups attached to an aromatic ring is 1. The second-order valence-electron chi connectivity index (χ2n) is 7.81. The van der Waals surface area contributed by atoms with Gasteiger partial charge >= 0.3 is 0 Å². The molecule has 0 fully saturated rings. The zero-order valence-corrected chi connectivity index (χ0v) is 18.7. The molecule has 1 aromatic carbocycles. The van der Waals surface area contributed by atoms with Crippen molar-refractivity contribution in [1.29, 1.82) is 0 Å². The number of benzene rings is 1. The Hall–Kier alpha value is -3.55. The van der Waals surface area contributed by atoms with Crippen LogP contribution >= 0.6 is 0 Å². The van der Waals surface area contributed by atoms with E-state index in [9.17, 15) is 0 Å². The van der Waals surface area contributed by atoms with Crippen LogP contribution in [0.2, 0.25) is 0 Å². The molecule has 8 heteroatoms. The number of hydrogen-bond donors (Lipinski definition) is 2. The standard InChI is InChI=1S/C24H30N6O2/c1-3-4-9-20-27-21-22(30(20)16-17-10-12-18(31-2)13-11-17)24(29-28-23(21)25)26-14-5-7-19-8-6-15-32-19/h6,8,10-13,15H,3-5,7,9,14,16H2,1-2H3,(H2,25,28)(H,26,29). The van der Waals surface area contributed by atoms with Crippen molar-refractivity contribution in [1.82, 2.24) is 19.7 Å². The Labute approximate surface area is 187 Å². The molecule has 4 rings (SSSR count). The van der Waals surface area contributed by atoms with Gasteiger partial charge in [-0.3, -0.25) is 0 Å². The first kappa shape index (κ1) is 21.7. The molecule has 4 aromatic rings. The minimum Gasteiger partial charge on any atom is -0.497 e. The van der Waals surface area contributed by atoms with Crippen LogP contribution in [0.15, 0.2) is 47.1 Å². The third-order valence-corrected chi connectivity index (χ3v) is 5.50. The van der Waals surface area contributed by atoms with E-state index in [4.69, 9.17) is 19.9 Å². The molecule has 168 valence electrons.